The second-order valence-corrected chi connectivity index (χ2v) is 6.02. The van der Waals surface area contributed by atoms with Crippen LogP contribution in [0, 0.1) is 5.92 Å². The molecular weight excluding hydrogens is 278 g/mol. The molecule has 0 aromatic rings. The van der Waals surface area contributed by atoms with Crippen molar-refractivity contribution in [1.29, 1.82) is 0 Å². The molecule has 0 N–H and O–H groups in total. The molecule has 2 aliphatic rings. The van der Waals surface area contributed by atoms with E-state index in [0.717, 1.165) is 55.8 Å². The van der Waals surface area contributed by atoms with Gasteiger partial charge in [-0.05, 0) is 32.1 Å². The molecule has 1 fully saturated rings. The lowest BCUT2D eigenvalue weighted by Crippen LogP contribution is -2.31. The molecule has 0 radical (unpaired) electrons. The van der Waals surface area contributed by atoms with E-state index in [9.17, 15) is 4.79 Å². The van der Waals surface area contributed by atoms with Gasteiger partial charge in [-0.3, -0.25) is 4.79 Å². The van der Waals surface area contributed by atoms with Gasteiger partial charge in [-0.1, -0.05) is 11.6 Å². The lowest BCUT2D eigenvalue weighted by atomic mass is 9.98. The summed E-state index contributed by atoms with van der Waals surface area (Å²) >= 11 is 6.20. The number of carbonyl (C=O) groups excluding carboxylic acids is 1. The van der Waals surface area contributed by atoms with E-state index in [0.29, 0.717) is 25.7 Å². The minimum atomic E-state index is 0.147. The normalized spacial score (nSPS) is 23.5. The number of allylic oxidation sites excluding steroid dienone is 1. The maximum absolute atomic E-state index is 12.5. The summed E-state index contributed by atoms with van der Waals surface area (Å²) in [7, 11) is 1.67. The zero-order valence-electron chi connectivity index (χ0n) is 12.2. The highest BCUT2D eigenvalue weighted by Gasteiger charge is 2.29. The Kier molecular flexibility index (Phi) is 6.33. The van der Waals surface area contributed by atoms with Gasteiger partial charge in [0.1, 0.15) is 0 Å². The fraction of sp³-hybridized carbons (Fsp3) is 0.800. The summed E-state index contributed by atoms with van der Waals surface area (Å²) < 4.78 is 10.5. The van der Waals surface area contributed by atoms with E-state index in [1.54, 1.807) is 7.11 Å². The SMILES string of the molecule is COCCOCC1CCN(C(=O)C2=C(Cl)CCCC2)C1. The average Bonchev–Trinajstić information content (AvgIpc) is 2.92. The number of ether oxygens (including phenoxy) is 2. The Morgan fingerprint density at radius 1 is 1.35 bits per heavy atom. The maximum Gasteiger partial charge on any atom is 0.250 e. The molecule has 0 aromatic heterocycles. The number of rotatable bonds is 6. The van der Waals surface area contributed by atoms with Gasteiger partial charge in [-0.15, -0.1) is 0 Å². The third-order valence-electron chi connectivity index (χ3n) is 4.02. The molecule has 1 unspecified atom stereocenters. The molecule has 20 heavy (non-hydrogen) atoms. The molecule has 5 heteroatoms. The maximum atomic E-state index is 12.5. The predicted molar refractivity (Wildman–Crippen MR) is 78.7 cm³/mol. The molecular formula is C15H24ClNO3. The van der Waals surface area contributed by atoms with E-state index in [1.807, 2.05) is 4.90 Å². The van der Waals surface area contributed by atoms with Crippen LogP contribution in [0.3, 0.4) is 0 Å². The summed E-state index contributed by atoms with van der Waals surface area (Å²) in [5.74, 6) is 0.591. The van der Waals surface area contributed by atoms with Gasteiger partial charge >= 0.3 is 0 Å². The van der Waals surface area contributed by atoms with Crippen molar-refractivity contribution >= 4 is 17.5 Å². The number of hydrogen-bond acceptors (Lipinski definition) is 3. The highest BCUT2D eigenvalue weighted by atomic mass is 35.5. The molecule has 0 spiro atoms. The topological polar surface area (TPSA) is 38.8 Å². The highest BCUT2D eigenvalue weighted by molar-refractivity contribution is 6.32. The van der Waals surface area contributed by atoms with Gasteiger partial charge in [-0.25, -0.2) is 0 Å². The number of likely N-dealkylation sites (tertiary alicyclic amines) is 1. The predicted octanol–water partition coefficient (Wildman–Crippen LogP) is 2.56. The van der Waals surface area contributed by atoms with Crippen LogP contribution < -0.4 is 0 Å². The molecule has 1 aliphatic heterocycles. The Morgan fingerprint density at radius 2 is 2.15 bits per heavy atom. The first kappa shape index (κ1) is 15.8. The second-order valence-electron chi connectivity index (χ2n) is 5.56. The van der Waals surface area contributed by atoms with Crippen LogP contribution in [0.15, 0.2) is 10.6 Å². The Morgan fingerprint density at radius 3 is 2.90 bits per heavy atom. The van der Waals surface area contributed by atoms with Gasteiger partial charge in [0.15, 0.2) is 0 Å². The van der Waals surface area contributed by atoms with Crippen LogP contribution in [0.2, 0.25) is 0 Å². The van der Waals surface area contributed by atoms with Crippen molar-refractivity contribution in [1.82, 2.24) is 4.90 Å². The zero-order valence-corrected chi connectivity index (χ0v) is 13.0. The van der Waals surface area contributed by atoms with Crippen molar-refractivity contribution in [3.63, 3.8) is 0 Å². The smallest absolute Gasteiger partial charge is 0.250 e. The van der Waals surface area contributed by atoms with Crippen LogP contribution in [-0.2, 0) is 14.3 Å². The van der Waals surface area contributed by atoms with Crippen LogP contribution in [0.25, 0.3) is 0 Å². The summed E-state index contributed by atoms with van der Waals surface area (Å²) in [5, 5.41) is 0.779. The minimum absolute atomic E-state index is 0.147. The van der Waals surface area contributed by atoms with Crippen LogP contribution in [0.4, 0.5) is 0 Å². The van der Waals surface area contributed by atoms with Gasteiger partial charge in [0, 0.05) is 36.7 Å². The number of methoxy groups -OCH3 is 1. The first-order valence-corrected chi connectivity index (χ1v) is 7.83. The number of carbonyl (C=O) groups is 1. The third kappa shape index (κ3) is 4.21. The van der Waals surface area contributed by atoms with Crippen molar-refractivity contribution in [2.45, 2.75) is 32.1 Å². The molecule has 114 valence electrons. The van der Waals surface area contributed by atoms with Crippen molar-refractivity contribution in [2.24, 2.45) is 5.92 Å². The van der Waals surface area contributed by atoms with E-state index in [4.69, 9.17) is 21.1 Å². The molecule has 0 saturated carbocycles. The van der Waals surface area contributed by atoms with Gasteiger partial charge in [0.2, 0.25) is 0 Å². The average molecular weight is 302 g/mol. The van der Waals surface area contributed by atoms with Crippen molar-refractivity contribution in [3.8, 4) is 0 Å². The Labute approximate surface area is 126 Å². The third-order valence-corrected chi connectivity index (χ3v) is 4.43. The second kappa shape index (κ2) is 8.01. The van der Waals surface area contributed by atoms with E-state index in [-0.39, 0.29) is 5.91 Å². The first-order chi connectivity index (χ1) is 9.72. The van der Waals surface area contributed by atoms with E-state index in [2.05, 4.69) is 0 Å². The Bertz CT molecular complexity index is 370. The number of hydrogen-bond donors (Lipinski definition) is 0. The molecule has 1 saturated heterocycles. The number of halogens is 1. The molecule has 2 rings (SSSR count). The summed E-state index contributed by atoms with van der Waals surface area (Å²) in [4.78, 5) is 14.4. The molecule has 0 aromatic carbocycles. The van der Waals surface area contributed by atoms with E-state index >= 15 is 0 Å². The summed E-state index contributed by atoms with van der Waals surface area (Å²) in [6.07, 6.45) is 4.90. The molecule has 4 nitrogen and oxygen atoms in total. The summed E-state index contributed by atoms with van der Waals surface area (Å²) in [6, 6.07) is 0. The van der Waals surface area contributed by atoms with Crippen LogP contribution in [-0.4, -0.2) is 50.8 Å². The van der Waals surface area contributed by atoms with Crippen molar-refractivity contribution in [3.05, 3.63) is 10.6 Å². The van der Waals surface area contributed by atoms with Gasteiger partial charge < -0.3 is 14.4 Å². The van der Waals surface area contributed by atoms with Crippen molar-refractivity contribution in [2.75, 3.05) is 40.0 Å². The Hall–Kier alpha value is -0.580. The zero-order chi connectivity index (χ0) is 14.4. The number of amides is 1. The van der Waals surface area contributed by atoms with Crippen LogP contribution in [0.5, 0.6) is 0 Å². The van der Waals surface area contributed by atoms with Crippen LogP contribution in [0.1, 0.15) is 32.1 Å². The number of nitrogens with zero attached hydrogens (tertiary/aromatic N) is 1. The molecule has 1 atom stereocenters. The summed E-state index contributed by atoms with van der Waals surface area (Å²) in [6.45, 7) is 3.57. The Balaban J connectivity index is 1.78. The highest BCUT2D eigenvalue weighted by Crippen LogP contribution is 2.30. The lowest BCUT2D eigenvalue weighted by molar-refractivity contribution is -0.126. The van der Waals surface area contributed by atoms with Gasteiger partial charge in [-0.2, -0.15) is 0 Å². The fourth-order valence-corrected chi connectivity index (χ4v) is 3.14. The molecule has 1 aliphatic carbocycles. The van der Waals surface area contributed by atoms with Gasteiger partial charge in [0.05, 0.1) is 19.8 Å². The fourth-order valence-electron chi connectivity index (χ4n) is 2.83. The summed E-state index contributed by atoms with van der Waals surface area (Å²) in [5.41, 5.74) is 0.846. The molecule has 0 bridgehead atoms. The standard InChI is InChI=1S/C15H24ClNO3/c1-19-8-9-20-11-12-6-7-17(10-12)15(18)13-4-2-3-5-14(13)16/h12H,2-11H2,1H3. The monoisotopic (exact) mass is 301 g/mol. The molecule has 1 heterocycles. The van der Waals surface area contributed by atoms with E-state index < -0.39 is 0 Å². The van der Waals surface area contributed by atoms with E-state index in [1.165, 1.54) is 0 Å². The van der Waals surface area contributed by atoms with Crippen LogP contribution >= 0.6 is 11.6 Å². The first-order valence-electron chi connectivity index (χ1n) is 7.46. The van der Waals surface area contributed by atoms with Gasteiger partial charge in [0.25, 0.3) is 5.91 Å². The largest absolute Gasteiger partial charge is 0.382 e. The quantitative estimate of drug-likeness (QED) is 0.708. The van der Waals surface area contributed by atoms with Crippen molar-refractivity contribution < 1.29 is 14.3 Å². The molecule has 1 amide bonds. The minimum Gasteiger partial charge on any atom is -0.382 e. The lowest BCUT2D eigenvalue weighted by Gasteiger charge is -2.22.